The molecule has 1 fully saturated rings. The number of rotatable bonds is 4. The Kier molecular flexibility index (Phi) is 5.86. The number of carbonyl (C=O) groups is 1. The van der Waals surface area contributed by atoms with E-state index in [9.17, 15) is 4.79 Å². The first-order valence-electron chi connectivity index (χ1n) is 9.01. The Morgan fingerprint density at radius 3 is 3.04 bits per heavy atom. The van der Waals surface area contributed by atoms with Gasteiger partial charge in [0, 0.05) is 25.3 Å². The van der Waals surface area contributed by atoms with E-state index in [0.717, 1.165) is 63.2 Å². The zero-order valence-corrected chi connectivity index (χ0v) is 14.9. The van der Waals surface area contributed by atoms with Gasteiger partial charge in [-0.05, 0) is 45.2 Å². The van der Waals surface area contributed by atoms with Crippen LogP contribution < -0.4 is 5.73 Å². The molecule has 2 aliphatic heterocycles. The highest BCUT2D eigenvalue weighted by Crippen LogP contribution is 2.21. The third kappa shape index (κ3) is 4.69. The van der Waals surface area contributed by atoms with Crippen molar-refractivity contribution in [2.75, 3.05) is 32.5 Å². The first-order valence-corrected chi connectivity index (χ1v) is 9.01. The Labute approximate surface area is 148 Å². The number of ether oxygens (including phenoxy) is 1. The van der Waals surface area contributed by atoms with Crippen LogP contribution in [0.1, 0.15) is 37.9 Å². The zero-order valence-electron chi connectivity index (χ0n) is 14.9. The molecule has 3 heterocycles. The van der Waals surface area contributed by atoms with E-state index in [4.69, 9.17) is 10.5 Å². The van der Waals surface area contributed by atoms with Gasteiger partial charge in [0.05, 0.1) is 25.0 Å². The van der Waals surface area contributed by atoms with E-state index >= 15 is 0 Å². The van der Waals surface area contributed by atoms with E-state index in [-0.39, 0.29) is 5.91 Å². The number of carbonyl (C=O) groups excluding carboxylic acids is 1. The summed E-state index contributed by atoms with van der Waals surface area (Å²) in [6.07, 6.45) is 8.13. The minimum Gasteiger partial charge on any atom is -0.501 e. The molecule has 0 aromatic carbocycles. The van der Waals surface area contributed by atoms with Crippen LogP contribution in [0.5, 0.6) is 0 Å². The summed E-state index contributed by atoms with van der Waals surface area (Å²) in [5, 5.41) is 0. The fourth-order valence-electron chi connectivity index (χ4n) is 3.49. The highest BCUT2D eigenvalue weighted by molar-refractivity contribution is 5.93. The minimum absolute atomic E-state index is 0.141. The first kappa shape index (κ1) is 17.7. The van der Waals surface area contributed by atoms with Crippen molar-refractivity contribution in [3.05, 3.63) is 29.9 Å². The summed E-state index contributed by atoms with van der Waals surface area (Å²) in [6.45, 7) is 2.98. The van der Waals surface area contributed by atoms with Crippen molar-refractivity contribution in [1.29, 1.82) is 0 Å². The monoisotopic (exact) mass is 345 g/mol. The summed E-state index contributed by atoms with van der Waals surface area (Å²) < 4.78 is 5.32. The third-order valence-corrected chi connectivity index (χ3v) is 4.93. The van der Waals surface area contributed by atoms with Crippen LogP contribution >= 0.6 is 0 Å². The molecule has 1 atom stereocenters. The largest absolute Gasteiger partial charge is 0.501 e. The van der Waals surface area contributed by atoms with Gasteiger partial charge < -0.3 is 15.4 Å². The molecule has 0 radical (unpaired) electrons. The number of nitrogen functional groups attached to an aromatic ring is 1. The molecule has 7 nitrogen and oxygen atoms in total. The van der Waals surface area contributed by atoms with Gasteiger partial charge in [-0.25, -0.2) is 9.97 Å². The van der Waals surface area contributed by atoms with Crippen LogP contribution in [0.25, 0.3) is 0 Å². The highest BCUT2D eigenvalue weighted by Gasteiger charge is 2.26. The summed E-state index contributed by atoms with van der Waals surface area (Å²) in [5.74, 6) is 1.38. The van der Waals surface area contributed by atoms with Crippen molar-refractivity contribution in [2.45, 2.75) is 44.7 Å². The topological polar surface area (TPSA) is 84.6 Å². The van der Waals surface area contributed by atoms with Gasteiger partial charge in [-0.3, -0.25) is 9.69 Å². The highest BCUT2D eigenvalue weighted by atomic mass is 16.5. The van der Waals surface area contributed by atoms with Gasteiger partial charge in [-0.1, -0.05) is 0 Å². The summed E-state index contributed by atoms with van der Waals surface area (Å²) in [4.78, 5) is 25.4. The van der Waals surface area contributed by atoms with Crippen molar-refractivity contribution in [3.8, 4) is 0 Å². The van der Waals surface area contributed by atoms with Gasteiger partial charge in [0.2, 0.25) is 0 Å². The molecule has 3 rings (SSSR count). The molecule has 1 amide bonds. The molecule has 136 valence electrons. The molecule has 0 bridgehead atoms. The van der Waals surface area contributed by atoms with Gasteiger partial charge in [-0.15, -0.1) is 0 Å². The molecule has 25 heavy (non-hydrogen) atoms. The van der Waals surface area contributed by atoms with Gasteiger partial charge in [0.15, 0.2) is 0 Å². The van der Waals surface area contributed by atoms with E-state index in [1.807, 2.05) is 4.90 Å². The molecule has 2 aliphatic rings. The van der Waals surface area contributed by atoms with Gasteiger partial charge in [-0.2, -0.15) is 0 Å². The lowest BCUT2D eigenvalue weighted by Gasteiger charge is -2.27. The summed E-state index contributed by atoms with van der Waals surface area (Å²) in [6, 6.07) is 2.11. The molecule has 0 aliphatic carbocycles. The summed E-state index contributed by atoms with van der Waals surface area (Å²) in [5.41, 5.74) is 6.54. The Morgan fingerprint density at radius 2 is 2.28 bits per heavy atom. The van der Waals surface area contributed by atoms with E-state index < -0.39 is 0 Å². The van der Waals surface area contributed by atoms with Crippen LogP contribution in [-0.4, -0.2) is 58.5 Å². The second-order valence-electron chi connectivity index (χ2n) is 6.81. The normalized spacial score (nSPS) is 21.4. The number of hydrogen-bond acceptors (Lipinski definition) is 6. The van der Waals surface area contributed by atoms with Crippen LogP contribution in [0.4, 0.5) is 5.82 Å². The van der Waals surface area contributed by atoms with Crippen molar-refractivity contribution in [3.63, 3.8) is 0 Å². The molecule has 0 spiro atoms. The average molecular weight is 345 g/mol. The lowest BCUT2D eigenvalue weighted by atomic mass is 10.1. The number of amides is 1. The number of likely N-dealkylation sites (tertiary alicyclic amines) is 1. The standard InChI is InChI=1S/C18H27N5O2/c1-22(12-17-20-8-6-16(19)21-17)15-5-2-9-23(10-7-15)18(24)14-4-3-11-25-13-14/h6,8,13,15H,2-5,7,9-12H2,1H3,(H2,19,20,21)/t15-/m1/s1. The predicted molar refractivity (Wildman–Crippen MR) is 95.4 cm³/mol. The van der Waals surface area contributed by atoms with Gasteiger partial charge >= 0.3 is 0 Å². The van der Waals surface area contributed by atoms with E-state index in [0.29, 0.717) is 18.4 Å². The minimum atomic E-state index is 0.141. The summed E-state index contributed by atoms with van der Waals surface area (Å²) in [7, 11) is 2.09. The van der Waals surface area contributed by atoms with Crippen molar-refractivity contribution in [2.24, 2.45) is 0 Å². The van der Waals surface area contributed by atoms with Crippen LogP contribution in [0.2, 0.25) is 0 Å². The molecular formula is C18H27N5O2. The second-order valence-corrected chi connectivity index (χ2v) is 6.81. The number of nitrogens with two attached hydrogens (primary N) is 1. The van der Waals surface area contributed by atoms with Crippen LogP contribution in [0, 0.1) is 0 Å². The molecule has 1 aromatic heterocycles. The molecule has 2 N–H and O–H groups in total. The molecular weight excluding hydrogens is 318 g/mol. The van der Waals surface area contributed by atoms with Crippen LogP contribution in [-0.2, 0) is 16.1 Å². The first-order chi connectivity index (χ1) is 12.1. The maximum atomic E-state index is 12.6. The van der Waals surface area contributed by atoms with Crippen molar-refractivity contribution >= 4 is 11.7 Å². The third-order valence-electron chi connectivity index (χ3n) is 4.93. The molecule has 0 unspecified atom stereocenters. The Bertz CT molecular complexity index is 634. The smallest absolute Gasteiger partial charge is 0.252 e. The fraction of sp³-hybridized carbons (Fsp3) is 0.611. The average Bonchev–Trinajstić information content (AvgIpc) is 2.88. The lowest BCUT2D eigenvalue weighted by molar-refractivity contribution is -0.127. The maximum Gasteiger partial charge on any atom is 0.252 e. The van der Waals surface area contributed by atoms with Crippen LogP contribution in [0.3, 0.4) is 0 Å². The quantitative estimate of drug-likeness (QED) is 0.891. The molecule has 7 heteroatoms. The number of nitrogens with zero attached hydrogens (tertiary/aromatic N) is 4. The number of aromatic nitrogens is 2. The van der Waals surface area contributed by atoms with Gasteiger partial charge in [0.1, 0.15) is 11.6 Å². The van der Waals surface area contributed by atoms with E-state index in [1.54, 1.807) is 18.5 Å². The predicted octanol–water partition coefficient (Wildman–Crippen LogP) is 1.57. The number of hydrogen-bond donors (Lipinski definition) is 1. The Balaban J connectivity index is 1.55. The molecule has 1 aromatic rings. The fourth-order valence-corrected chi connectivity index (χ4v) is 3.49. The lowest BCUT2D eigenvalue weighted by Crippen LogP contribution is -2.36. The Morgan fingerprint density at radius 1 is 1.40 bits per heavy atom. The van der Waals surface area contributed by atoms with E-state index in [2.05, 4.69) is 21.9 Å². The van der Waals surface area contributed by atoms with Crippen molar-refractivity contribution in [1.82, 2.24) is 19.8 Å². The molecule has 1 saturated heterocycles. The van der Waals surface area contributed by atoms with Crippen molar-refractivity contribution < 1.29 is 9.53 Å². The molecule has 0 saturated carbocycles. The van der Waals surface area contributed by atoms with Crippen LogP contribution in [0.15, 0.2) is 24.1 Å². The number of anilines is 1. The van der Waals surface area contributed by atoms with Gasteiger partial charge in [0.25, 0.3) is 5.91 Å². The maximum absolute atomic E-state index is 12.6. The Hall–Kier alpha value is -2.15. The zero-order chi connectivity index (χ0) is 17.6. The second kappa shape index (κ2) is 8.29. The summed E-state index contributed by atoms with van der Waals surface area (Å²) >= 11 is 0. The van der Waals surface area contributed by atoms with E-state index in [1.165, 1.54) is 0 Å². The SMILES string of the molecule is CN(Cc1nccc(N)n1)[C@@H]1CCCN(C(=O)C2=COCCC2)CC1.